The Bertz CT molecular complexity index is 353. The van der Waals surface area contributed by atoms with E-state index < -0.39 is 0 Å². The Kier molecular flexibility index (Phi) is 5.04. The molecule has 21 heavy (non-hydrogen) atoms. The zero-order valence-electron chi connectivity index (χ0n) is 13.4. The maximum atomic E-state index is 12.1. The van der Waals surface area contributed by atoms with Crippen molar-refractivity contribution in [3.8, 4) is 0 Å². The van der Waals surface area contributed by atoms with Crippen LogP contribution in [0.5, 0.6) is 0 Å². The Morgan fingerprint density at radius 1 is 1.14 bits per heavy atom. The molecule has 3 aliphatic rings. The van der Waals surface area contributed by atoms with Crippen molar-refractivity contribution >= 4 is 6.09 Å². The molecule has 4 heteroatoms. The molecule has 2 unspecified atom stereocenters. The number of nitrogens with one attached hydrogen (secondary N) is 1. The summed E-state index contributed by atoms with van der Waals surface area (Å²) in [5, 5.41) is 3.72. The quantitative estimate of drug-likeness (QED) is 0.818. The Hall–Kier alpha value is -0.770. The summed E-state index contributed by atoms with van der Waals surface area (Å²) >= 11 is 0. The van der Waals surface area contributed by atoms with E-state index in [0.29, 0.717) is 18.6 Å². The molecule has 0 aromatic carbocycles. The molecule has 2 aliphatic carbocycles. The fourth-order valence-corrected chi connectivity index (χ4v) is 3.74. The zero-order valence-corrected chi connectivity index (χ0v) is 13.4. The van der Waals surface area contributed by atoms with Crippen LogP contribution in [0, 0.1) is 17.8 Å². The van der Waals surface area contributed by atoms with Gasteiger partial charge in [-0.2, -0.15) is 0 Å². The van der Waals surface area contributed by atoms with E-state index in [2.05, 4.69) is 5.32 Å². The lowest BCUT2D eigenvalue weighted by atomic mass is 9.84. The zero-order chi connectivity index (χ0) is 14.7. The predicted molar refractivity (Wildman–Crippen MR) is 83.2 cm³/mol. The van der Waals surface area contributed by atoms with E-state index in [-0.39, 0.29) is 6.09 Å². The first-order valence-corrected chi connectivity index (χ1v) is 8.89. The largest absolute Gasteiger partial charge is 0.450 e. The third-order valence-electron chi connectivity index (χ3n) is 5.35. The van der Waals surface area contributed by atoms with Gasteiger partial charge in [0.1, 0.15) is 0 Å². The van der Waals surface area contributed by atoms with Gasteiger partial charge in [0.15, 0.2) is 0 Å². The van der Waals surface area contributed by atoms with Gasteiger partial charge >= 0.3 is 6.09 Å². The average Bonchev–Trinajstić information content (AvgIpc) is 3.21. The van der Waals surface area contributed by atoms with Crippen LogP contribution in [0.3, 0.4) is 0 Å². The second-order valence-corrected chi connectivity index (χ2v) is 7.29. The fourth-order valence-electron chi connectivity index (χ4n) is 3.74. The standard InChI is InChI=1S/C17H30N2O2/c1-2-21-17(20)19-11-15(8-13-6-7-13)9-16(12-19)18-10-14-4-3-5-14/h13-16,18H,2-12H2,1H3. The van der Waals surface area contributed by atoms with Crippen molar-refractivity contribution in [3.05, 3.63) is 0 Å². The van der Waals surface area contributed by atoms with Crippen molar-refractivity contribution < 1.29 is 9.53 Å². The summed E-state index contributed by atoms with van der Waals surface area (Å²) in [4.78, 5) is 14.0. The van der Waals surface area contributed by atoms with Crippen LogP contribution < -0.4 is 5.32 Å². The van der Waals surface area contributed by atoms with Crippen molar-refractivity contribution in [2.75, 3.05) is 26.2 Å². The number of ether oxygens (including phenoxy) is 1. The minimum absolute atomic E-state index is 0.117. The number of likely N-dealkylation sites (tertiary alicyclic amines) is 1. The number of rotatable bonds is 6. The lowest BCUT2D eigenvalue weighted by Crippen LogP contribution is -2.52. The Morgan fingerprint density at radius 3 is 2.57 bits per heavy atom. The molecule has 120 valence electrons. The molecule has 2 saturated carbocycles. The molecule has 3 fully saturated rings. The van der Waals surface area contributed by atoms with Gasteiger partial charge in [0.05, 0.1) is 6.61 Å². The van der Waals surface area contributed by atoms with Gasteiger partial charge in [0.2, 0.25) is 0 Å². The van der Waals surface area contributed by atoms with Crippen LogP contribution in [-0.2, 0) is 4.74 Å². The molecule has 0 aromatic heterocycles. The van der Waals surface area contributed by atoms with E-state index in [1.54, 1.807) is 0 Å². The van der Waals surface area contributed by atoms with Gasteiger partial charge in [-0.1, -0.05) is 19.3 Å². The molecule has 0 radical (unpaired) electrons. The number of piperidine rings is 1. The maximum Gasteiger partial charge on any atom is 0.409 e. The molecule has 0 aromatic rings. The summed E-state index contributed by atoms with van der Waals surface area (Å²) in [5.74, 6) is 2.48. The van der Waals surface area contributed by atoms with Crippen LogP contribution in [0.25, 0.3) is 0 Å². The Labute approximate surface area is 128 Å². The number of carbonyl (C=O) groups excluding carboxylic acids is 1. The van der Waals surface area contributed by atoms with Gasteiger partial charge in [0.25, 0.3) is 0 Å². The fraction of sp³-hybridized carbons (Fsp3) is 0.941. The van der Waals surface area contributed by atoms with Crippen molar-refractivity contribution in [2.24, 2.45) is 17.8 Å². The minimum atomic E-state index is -0.117. The summed E-state index contributed by atoms with van der Waals surface area (Å²) in [6, 6.07) is 0.465. The van der Waals surface area contributed by atoms with Crippen LogP contribution >= 0.6 is 0 Å². The van der Waals surface area contributed by atoms with E-state index >= 15 is 0 Å². The molecule has 1 saturated heterocycles. The molecule has 0 bridgehead atoms. The minimum Gasteiger partial charge on any atom is -0.450 e. The van der Waals surface area contributed by atoms with Crippen LogP contribution in [0.2, 0.25) is 0 Å². The molecule has 1 heterocycles. The predicted octanol–water partition coefficient (Wildman–Crippen LogP) is 3.02. The normalized spacial score (nSPS) is 30.0. The summed E-state index contributed by atoms with van der Waals surface area (Å²) in [6.07, 6.45) is 9.38. The third-order valence-corrected chi connectivity index (χ3v) is 5.35. The SMILES string of the molecule is CCOC(=O)N1CC(CC2CC2)CC(NCC2CCC2)C1. The number of hydrogen-bond donors (Lipinski definition) is 1. The van der Waals surface area contributed by atoms with Crippen molar-refractivity contribution in [1.29, 1.82) is 0 Å². The molecule has 1 amide bonds. The summed E-state index contributed by atoms with van der Waals surface area (Å²) in [5.41, 5.74) is 0. The number of carbonyl (C=O) groups is 1. The van der Waals surface area contributed by atoms with E-state index in [1.807, 2.05) is 11.8 Å². The van der Waals surface area contributed by atoms with E-state index in [0.717, 1.165) is 31.5 Å². The highest BCUT2D eigenvalue weighted by molar-refractivity contribution is 5.67. The van der Waals surface area contributed by atoms with Crippen molar-refractivity contribution in [3.63, 3.8) is 0 Å². The second-order valence-electron chi connectivity index (χ2n) is 7.29. The van der Waals surface area contributed by atoms with Gasteiger partial charge in [-0.15, -0.1) is 0 Å². The molecule has 3 rings (SSSR count). The van der Waals surface area contributed by atoms with Gasteiger partial charge in [-0.05, 0) is 56.9 Å². The first-order valence-electron chi connectivity index (χ1n) is 8.89. The highest BCUT2D eigenvalue weighted by Gasteiger charge is 2.34. The first kappa shape index (κ1) is 15.1. The summed E-state index contributed by atoms with van der Waals surface area (Å²) in [6.45, 7) is 5.22. The average molecular weight is 294 g/mol. The Balaban J connectivity index is 1.51. The molecule has 1 N–H and O–H groups in total. The summed E-state index contributed by atoms with van der Waals surface area (Å²) in [7, 11) is 0. The second kappa shape index (κ2) is 6.99. The van der Waals surface area contributed by atoms with Crippen LogP contribution in [0.1, 0.15) is 51.9 Å². The monoisotopic (exact) mass is 294 g/mol. The lowest BCUT2D eigenvalue weighted by Gasteiger charge is -2.39. The molecular formula is C17H30N2O2. The molecule has 2 atom stereocenters. The number of nitrogens with zero attached hydrogens (tertiary/aromatic N) is 1. The van der Waals surface area contributed by atoms with Gasteiger partial charge in [0, 0.05) is 19.1 Å². The highest BCUT2D eigenvalue weighted by Crippen LogP contribution is 2.38. The molecular weight excluding hydrogens is 264 g/mol. The first-order chi connectivity index (χ1) is 10.2. The van der Waals surface area contributed by atoms with E-state index in [1.165, 1.54) is 44.9 Å². The molecule has 4 nitrogen and oxygen atoms in total. The lowest BCUT2D eigenvalue weighted by molar-refractivity contribution is 0.0750. The maximum absolute atomic E-state index is 12.1. The van der Waals surface area contributed by atoms with Crippen molar-refractivity contribution in [2.45, 2.75) is 57.9 Å². The molecule has 0 spiro atoms. The van der Waals surface area contributed by atoms with Crippen LogP contribution in [0.4, 0.5) is 4.79 Å². The van der Waals surface area contributed by atoms with E-state index in [4.69, 9.17) is 4.74 Å². The summed E-state index contributed by atoms with van der Waals surface area (Å²) < 4.78 is 5.22. The van der Waals surface area contributed by atoms with Gasteiger partial charge in [-0.3, -0.25) is 0 Å². The van der Waals surface area contributed by atoms with Gasteiger partial charge < -0.3 is 15.0 Å². The van der Waals surface area contributed by atoms with E-state index in [9.17, 15) is 4.79 Å². The third kappa shape index (κ3) is 4.35. The smallest absolute Gasteiger partial charge is 0.409 e. The van der Waals surface area contributed by atoms with Crippen molar-refractivity contribution in [1.82, 2.24) is 10.2 Å². The van der Waals surface area contributed by atoms with Gasteiger partial charge in [-0.25, -0.2) is 4.79 Å². The highest BCUT2D eigenvalue weighted by atomic mass is 16.6. The molecule has 1 aliphatic heterocycles. The van der Waals surface area contributed by atoms with Crippen LogP contribution in [-0.4, -0.2) is 43.3 Å². The number of amides is 1. The topological polar surface area (TPSA) is 41.6 Å². The Morgan fingerprint density at radius 2 is 1.95 bits per heavy atom. The van der Waals surface area contributed by atoms with Crippen LogP contribution in [0.15, 0.2) is 0 Å². The number of hydrogen-bond acceptors (Lipinski definition) is 3.